The van der Waals surface area contributed by atoms with Gasteiger partial charge in [0, 0.05) is 30.5 Å². The molecule has 0 radical (unpaired) electrons. The van der Waals surface area contributed by atoms with Gasteiger partial charge < -0.3 is 15.3 Å². The molecule has 7 heteroatoms. The van der Waals surface area contributed by atoms with Gasteiger partial charge in [-0.15, -0.1) is 0 Å². The van der Waals surface area contributed by atoms with E-state index in [1.54, 1.807) is 12.1 Å². The molecule has 6 rings (SSSR count). The van der Waals surface area contributed by atoms with Crippen molar-refractivity contribution in [3.05, 3.63) is 94.6 Å². The average Bonchev–Trinajstić information content (AvgIpc) is 3.62. The van der Waals surface area contributed by atoms with Gasteiger partial charge in [-0.2, -0.15) is 5.10 Å². The molecule has 0 aliphatic heterocycles. The zero-order valence-corrected chi connectivity index (χ0v) is 23.9. The summed E-state index contributed by atoms with van der Waals surface area (Å²) in [6.45, 7) is 2.63. The van der Waals surface area contributed by atoms with E-state index in [1.165, 1.54) is 41.0 Å². The van der Waals surface area contributed by atoms with E-state index in [9.17, 15) is 14.3 Å². The number of urea groups is 1. The number of aromatic nitrogens is 2. The number of aliphatic hydroxyl groups excluding tert-OH is 1. The highest BCUT2D eigenvalue weighted by Gasteiger charge is 2.38. The van der Waals surface area contributed by atoms with E-state index < -0.39 is 0 Å². The first-order valence-corrected chi connectivity index (χ1v) is 15.3. The van der Waals surface area contributed by atoms with Gasteiger partial charge in [0.25, 0.3) is 0 Å². The van der Waals surface area contributed by atoms with Gasteiger partial charge in [0.1, 0.15) is 5.82 Å². The standard InChI is InChI=1S/C34H41FN4O2/c1-23-30-22-36-39(29-16-14-27(35)15-17-29)32(30)21-26-13-12-25(33(23)26)20-31(24-8-4-2-5-9-24)37-34(41)38(18-19-40)28-10-6-3-7-11-28/h2,4-5,8-9,14-17,22-23,25,28,31,40H,3,6-7,10-13,18-21H2,1H3,(H,37,41)/t23-,25+,31?/m0/s1. The molecule has 2 amide bonds. The summed E-state index contributed by atoms with van der Waals surface area (Å²) in [7, 11) is 0. The highest BCUT2D eigenvalue weighted by atomic mass is 19.1. The number of hydrogen-bond acceptors (Lipinski definition) is 3. The Bertz CT molecular complexity index is 1380. The number of nitrogens with zero attached hydrogens (tertiary/aromatic N) is 3. The van der Waals surface area contributed by atoms with Gasteiger partial charge in [-0.1, -0.05) is 67.7 Å². The Labute approximate surface area is 242 Å². The third-order valence-electron chi connectivity index (χ3n) is 9.57. The van der Waals surface area contributed by atoms with E-state index in [0.717, 1.165) is 62.6 Å². The van der Waals surface area contributed by atoms with Gasteiger partial charge in [-0.05, 0) is 67.9 Å². The van der Waals surface area contributed by atoms with Crippen molar-refractivity contribution in [2.24, 2.45) is 5.92 Å². The second-order valence-electron chi connectivity index (χ2n) is 12.0. The van der Waals surface area contributed by atoms with Crippen molar-refractivity contribution in [1.82, 2.24) is 20.0 Å². The number of benzene rings is 2. The van der Waals surface area contributed by atoms with Gasteiger partial charge in [0.05, 0.1) is 30.2 Å². The molecule has 3 aliphatic rings. The Morgan fingerprint density at radius 3 is 2.59 bits per heavy atom. The predicted molar refractivity (Wildman–Crippen MR) is 158 cm³/mol. The summed E-state index contributed by atoms with van der Waals surface area (Å²) in [5.41, 5.74) is 7.44. The van der Waals surface area contributed by atoms with Crippen LogP contribution < -0.4 is 5.32 Å². The van der Waals surface area contributed by atoms with Crippen LogP contribution in [0.3, 0.4) is 0 Å². The first-order valence-electron chi connectivity index (χ1n) is 15.3. The monoisotopic (exact) mass is 556 g/mol. The van der Waals surface area contributed by atoms with Crippen molar-refractivity contribution in [2.75, 3.05) is 13.2 Å². The molecule has 0 saturated heterocycles. The molecular weight excluding hydrogens is 515 g/mol. The first-order chi connectivity index (χ1) is 20.0. The Morgan fingerprint density at radius 1 is 1.10 bits per heavy atom. The van der Waals surface area contributed by atoms with Crippen molar-refractivity contribution >= 4 is 6.03 Å². The molecule has 2 aromatic carbocycles. The zero-order valence-electron chi connectivity index (χ0n) is 23.9. The van der Waals surface area contributed by atoms with Crippen LogP contribution in [0.1, 0.15) is 87.1 Å². The van der Waals surface area contributed by atoms with Crippen molar-refractivity contribution in [3.8, 4) is 5.69 Å². The molecule has 1 saturated carbocycles. The van der Waals surface area contributed by atoms with E-state index in [0.29, 0.717) is 12.5 Å². The van der Waals surface area contributed by atoms with Crippen molar-refractivity contribution in [2.45, 2.75) is 82.7 Å². The SMILES string of the molecule is C[C@@H]1C2=C(CC[C@@H]2CC(NC(=O)N(CCO)C2CCCCC2)c2ccccc2)Cc2c1cnn2-c1ccc(F)cc1. The molecule has 1 heterocycles. The Kier molecular flexibility index (Phi) is 8.24. The van der Waals surface area contributed by atoms with E-state index in [2.05, 4.69) is 24.4 Å². The van der Waals surface area contributed by atoms with Crippen LogP contribution >= 0.6 is 0 Å². The van der Waals surface area contributed by atoms with Gasteiger partial charge in [-0.25, -0.2) is 13.9 Å². The molecule has 216 valence electrons. The molecule has 0 spiro atoms. The Balaban J connectivity index is 1.23. The summed E-state index contributed by atoms with van der Waals surface area (Å²) in [6.07, 6.45) is 11.3. The van der Waals surface area contributed by atoms with E-state index in [4.69, 9.17) is 5.10 Å². The van der Waals surface area contributed by atoms with Crippen LogP contribution in [0.4, 0.5) is 9.18 Å². The minimum absolute atomic E-state index is 0.0236. The minimum atomic E-state index is -0.245. The molecule has 41 heavy (non-hydrogen) atoms. The second kappa shape index (κ2) is 12.2. The molecule has 6 nitrogen and oxygen atoms in total. The maximum atomic E-state index is 13.7. The van der Waals surface area contributed by atoms with E-state index in [-0.39, 0.29) is 36.5 Å². The fraction of sp³-hybridized carbons (Fsp3) is 0.471. The summed E-state index contributed by atoms with van der Waals surface area (Å²) >= 11 is 0. The highest BCUT2D eigenvalue weighted by Crippen LogP contribution is 2.49. The molecule has 1 unspecified atom stereocenters. The topological polar surface area (TPSA) is 70.4 Å². The quantitative estimate of drug-likeness (QED) is 0.298. The van der Waals surface area contributed by atoms with Crippen LogP contribution in [0.25, 0.3) is 5.69 Å². The van der Waals surface area contributed by atoms with Crippen molar-refractivity contribution in [1.29, 1.82) is 0 Å². The first kappa shape index (κ1) is 27.7. The van der Waals surface area contributed by atoms with Crippen LogP contribution in [-0.2, 0) is 6.42 Å². The maximum absolute atomic E-state index is 13.7. The van der Waals surface area contributed by atoms with Crippen LogP contribution in [0.2, 0.25) is 0 Å². The number of nitrogens with one attached hydrogen (secondary N) is 1. The molecule has 3 aliphatic carbocycles. The predicted octanol–water partition coefficient (Wildman–Crippen LogP) is 6.85. The lowest BCUT2D eigenvalue weighted by Crippen LogP contribution is -2.49. The molecule has 3 aromatic rings. The Hall–Kier alpha value is -3.45. The minimum Gasteiger partial charge on any atom is -0.395 e. The number of halogens is 1. The zero-order chi connectivity index (χ0) is 28.3. The number of rotatable bonds is 8. The lowest BCUT2D eigenvalue weighted by atomic mass is 9.78. The fourth-order valence-electron chi connectivity index (χ4n) is 7.56. The van der Waals surface area contributed by atoms with Crippen LogP contribution in [0, 0.1) is 11.7 Å². The van der Waals surface area contributed by atoms with E-state index >= 15 is 0 Å². The number of aliphatic hydroxyl groups is 1. The van der Waals surface area contributed by atoms with Gasteiger partial charge in [-0.3, -0.25) is 0 Å². The number of fused-ring (bicyclic) bond motifs is 1. The average molecular weight is 557 g/mol. The number of amides is 2. The van der Waals surface area contributed by atoms with Crippen LogP contribution in [-0.4, -0.2) is 45.0 Å². The molecule has 0 bridgehead atoms. The molecule has 2 N–H and O–H groups in total. The summed E-state index contributed by atoms with van der Waals surface area (Å²) in [6, 6.07) is 16.9. The van der Waals surface area contributed by atoms with Crippen LogP contribution in [0.15, 0.2) is 71.9 Å². The fourth-order valence-corrected chi connectivity index (χ4v) is 7.56. The smallest absolute Gasteiger partial charge is 0.318 e. The van der Waals surface area contributed by atoms with Crippen molar-refractivity contribution in [3.63, 3.8) is 0 Å². The third-order valence-corrected chi connectivity index (χ3v) is 9.57. The van der Waals surface area contributed by atoms with Crippen molar-refractivity contribution < 1.29 is 14.3 Å². The molecular formula is C34H41FN4O2. The molecule has 3 atom stereocenters. The lowest BCUT2D eigenvalue weighted by Gasteiger charge is -2.36. The summed E-state index contributed by atoms with van der Waals surface area (Å²) < 4.78 is 15.5. The largest absolute Gasteiger partial charge is 0.395 e. The number of carbonyl (C=O) groups excluding carboxylic acids is 1. The number of carbonyl (C=O) groups is 1. The molecule has 1 aromatic heterocycles. The third kappa shape index (κ3) is 5.69. The lowest BCUT2D eigenvalue weighted by molar-refractivity contribution is 0.131. The molecule has 1 fully saturated rings. The van der Waals surface area contributed by atoms with E-state index in [1.807, 2.05) is 34.0 Å². The summed E-state index contributed by atoms with van der Waals surface area (Å²) in [5.74, 6) is 0.370. The van der Waals surface area contributed by atoms with Gasteiger partial charge in [0.2, 0.25) is 0 Å². The van der Waals surface area contributed by atoms with Gasteiger partial charge in [0.15, 0.2) is 0 Å². The highest BCUT2D eigenvalue weighted by molar-refractivity contribution is 5.75. The maximum Gasteiger partial charge on any atom is 0.318 e. The van der Waals surface area contributed by atoms with Gasteiger partial charge >= 0.3 is 6.03 Å². The second-order valence-corrected chi connectivity index (χ2v) is 12.0. The number of hydrogen-bond donors (Lipinski definition) is 2. The summed E-state index contributed by atoms with van der Waals surface area (Å²) in [5, 5.41) is 17.9. The normalized spacial score (nSPS) is 21.3. The van der Waals surface area contributed by atoms with Crippen LogP contribution in [0.5, 0.6) is 0 Å². The summed E-state index contributed by atoms with van der Waals surface area (Å²) in [4.78, 5) is 15.6. The Morgan fingerprint density at radius 2 is 1.85 bits per heavy atom. The number of allylic oxidation sites excluding steroid dienone is 2.